The van der Waals surface area contributed by atoms with Crippen LogP contribution >= 0.6 is 23.2 Å². The maximum Gasteiger partial charge on any atom is 0.165 e. The van der Waals surface area contributed by atoms with Gasteiger partial charge >= 0.3 is 0 Å². The molecule has 3 rings (SSSR count). The van der Waals surface area contributed by atoms with E-state index in [1.807, 2.05) is 31.2 Å². The highest BCUT2D eigenvalue weighted by Crippen LogP contribution is 2.34. The molecule has 2 heterocycles. The molecule has 3 aromatic rings. The maximum absolute atomic E-state index is 6.26. The van der Waals surface area contributed by atoms with E-state index in [2.05, 4.69) is 9.97 Å². The second-order valence-corrected chi connectivity index (χ2v) is 5.10. The van der Waals surface area contributed by atoms with Gasteiger partial charge in [-0.2, -0.15) is 0 Å². The van der Waals surface area contributed by atoms with Crippen LogP contribution in [0.4, 0.5) is 0 Å². The fraction of sp³-hybridized carbons (Fsp3) is 0.0667. The first-order valence-electron chi connectivity index (χ1n) is 5.98. The van der Waals surface area contributed by atoms with Gasteiger partial charge in [-0.25, -0.2) is 9.97 Å². The van der Waals surface area contributed by atoms with Gasteiger partial charge in [-0.05, 0) is 18.6 Å². The van der Waals surface area contributed by atoms with Crippen molar-refractivity contribution in [2.45, 2.75) is 6.92 Å². The summed E-state index contributed by atoms with van der Waals surface area (Å²) in [6.45, 7) is 2.02. The monoisotopic (exact) mass is 304 g/mol. The standard InChI is InChI=1S/C15H10Cl2N2O/c1-9-2-4-10(5-3-9)12-13(16)18-15(19-14(12)17)11-6-7-20-8-11/h2-8H,1H3. The number of benzene rings is 1. The minimum Gasteiger partial charge on any atom is -0.472 e. The van der Waals surface area contributed by atoms with Gasteiger partial charge in [0.2, 0.25) is 0 Å². The summed E-state index contributed by atoms with van der Waals surface area (Å²) >= 11 is 12.5. The van der Waals surface area contributed by atoms with E-state index in [4.69, 9.17) is 27.6 Å². The van der Waals surface area contributed by atoms with Crippen LogP contribution in [-0.4, -0.2) is 9.97 Å². The quantitative estimate of drug-likeness (QED) is 0.624. The molecule has 5 heteroatoms. The molecule has 0 spiro atoms. The van der Waals surface area contributed by atoms with Crippen LogP contribution in [0.15, 0.2) is 47.3 Å². The Hall–Kier alpha value is -1.84. The predicted molar refractivity (Wildman–Crippen MR) is 79.9 cm³/mol. The van der Waals surface area contributed by atoms with E-state index in [1.165, 1.54) is 0 Å². The van der Waals surface area contributed by atoms with Crippen molar-refractivity contribution in [1.82, 2.24) is 9.97 Å². The summed E-state index contributed by atoms with van der Waals surface area (Å²) < 4.78 is 5.01. The number of furan rings is 1. The van der Waals surface area contributed by atoms with Gasteiger partial charge in [0.25, 0.3) is 0 Å². The van der Waals surface area contributed by atoms with E-state index in [9.17, 15) is 0 Å². The van der Waals surface area contributed by atoms with Crippen molar-refractivity contribution in [1.29, 1.82) is 0 Å². The Morgan fingerprint density at radius 3 is 2.10 bits per heavy atom. The second kappa shape index (κ2) is 5.27. The van der Waals surface area contributed by atoms with Crippen molar-refractivity contribution in [3.8, 4) is 22.5 Å². The second-order valence-electron chi connectivity index (χ2n) is 4.38. The number of halogens is 2. The minimum atomic E-state index is 0.324. The van der Waals surface area contributed by atoms with Gasteiger partial charge in [0.1, 0.15) is 16.6 Å². The first-order valence-corrected chi connectivity index (χ1v) is 6.73. The summed E-state index contributed by atoms with van der Waals surface area (Å²) in [7, 11) is 0. The molecule has 0 saturated carbocycles. The third kappa shape index (κ3) is 2.42. The zero-order chi connectivity index (χ0) is 14.1. The van der Waals surface area contributed by atoms with Gasteiger partial charge in [0, 0.05) is 0 Å². The number of hydrogen-bond donors (Lipinski definition) is 0. The first-order chi connectivity index (χ1) is 9.65. The molecule has 0 fully saturated rings. The van der Waals surface area contributed by atoms with Crippen LogP contribution in [0.1, 0.15) is 5.56 Å². The topological polar surface area (TPSA) is 38.9 Å². The van der Waals surface area contributed by atoms with Gasteiger partial charge in [-0.3, -0.25) is 0 Å². The SMILES string of the molecule is Cc1ccc(-c2c(Cl)nc(-c3ccoc3)nc2Cl)cc1. The molecule has 0 bridgehead atoms. The van der Waals surface area contributed by atoms with Crippen molar-refractivity contribution in [2.75, 3.05) is 0 Å². The lowest BCUT2D eigenvalue weighted by Gasteiger charge is -2.08. The van der Waals surface area contributed by atoms with Crippen LogP contribution in [0.5, 0.6) is 0 Å². The molecule has 0 unspecified atom stereocenters. The number of nitrogens with zero attached hydrogens (tertiary/aromatic N) is 2. The third-order valence-corrected chi connectivity index (χ3v) is 3.49. The Balaban J connectivity index is 2.11. The number of hydrogen-bond acceptors (Lipinski definition) is 3. The van der Waals surface area contributed by atoms with Crippen LogP contribution in [0.25, 0.3) is 22.5 Å². The Morgan fingerprint density at radius 1 is 0.900 bits per heavy atom. The molecule has 0 atom stereocenters. The van der Waals surface area contributed by atoms with E-state index >= 15 is 0 Å². The van der Waals surface area contributed by atoms with Gasteiger partial charge in [-0.15, -0.1) is 0 Å². The Morgan fingerprint density at radius 2 is 1.55 bits per heavy atom. The summed E-state index contributed by atoms with van der Waals surface area (Å²) in [6, 6.07) is 9.64. The highest BCUT2D eigenvalue weighted by Gasteiger charge is 2.15. The normalized spacial score (nSPS) is 10.8. The maximum atomic E-state index is 6.26. The molecule has 100 valence electrons. The first kappa shape index (κ1) is 13.2. The molecule has 0 radical (unpaired) electrons. The summed E-state index contributed by atoms with van der Waals surface area (Å²) in [5.41, 5.74) is 3.44. The van der Waals surface area contributed by atoms with Crippen molar-refractivity contribution in [3.05, 3.63) is 58.7 Å². The smallest absolute Gasteiger partial charge is 0.165 e. The lowest BCUT2D eigenvalue weighted by atomic mass is 10.1. The van der Waals surface area contributed by atoms with Gasteiger partial charge < -0.3 is 4.42 Å². The van der Waals surface area contributed by atoms with E-state index in [1.54, 1.807) is 18.6 Å². The largest absolute Gasteiger partial charge is 0.472 e. The van der Waals surface area contributed by atoms with E-state index in [0.717, 1.165) is 16.7 Å². The molecular weight excluding hydrogens is 295 g/mol. The van der Waals surface area contributed by atoms with Crippen LogP contribution < -0.4 is 0 Å². The molecule has 2 aromatic heterocycles. The molecular formula is C15H10Cl2N2O. The van der Waals surface area contributed by atoms with Crippen LogP contribution in [0.3, 0.4) is 0 Å². The van der Waals surface area contributed by atoms with E-state index in [-0.39, 0.29) is 0 Å². The molecule has 0 aliphatic rings. The molecule has 0 aliphatic carbocycles. The third-order valence-electron chi connectivity index (χ3n) is 2.94. The Bertz CT molecular complexity index is 714. The van der Waals surface area contributed by atoms with Crippen molar-refractivity contribution >= 4 is 23.2 Å². The van der Waals surface area contributed by atoms with Crippen molar-refractivity contribution < 1.29 is 4.42 Å². The van der Waals surface area contributed by atoms with Gasteiger partial charge in [-0.1, -0.05) is 53.0 Å². The lowest BCUT2D eigenvalue weighted by molar-refractivity contribution is 0.568. The predicted octanol–water partition coefficient (Wildman–Crippen LogP) is 5.02. The molecule has 0 amide bonds. The fourth-order valence-corrected chi connectivity index (χ4v) is 2.49. The average molecular weight is 305 g/mol. The minimum absolute atomic E-state index is 0.324. The summed E-state index contributed by atoms with van der Waals surface area (Å²) in [6.07, 6.45) is 3.10. The molecule has 0 aliphatic heterocycles. The number of aromatic nitrogens is 2. The summed E-state index contributed by atoms with van der Waals surface area (Å²) in [5.74, 6) is 0.449. The molecule has 0 saturated heterocycles. The highest BCUT2D eigenvalue weighted by atomic mass is 35.5. The zero-order valence-corrected chi connectivity index (χ0v) is 12.1. The van der Waals surface area contributed by atoms with E-state index < -0.39 is 0 Å². The summed E-state index contributed by atoms with van der Waals surface area (Å²) in [5, 5.41) is 0.648. The Kier molecular flexibility index (Phi) is 3.47. The average Bonchev–Trinajstić information content (AvgIpc) is 2.94. The van der Waals surface area contributed by atoms with Gasteiger partial charge in [0.15, 0.2) is 5.82 Å². The summed E-state index contributed by atoms with van der Waals surface area (Å²) in [4.78, 5) is 8.57. The highest BCUT2D eigenvalue weighted by molar-refractivity contribution is 6.37. The molecule has 1 aromatic carbocycles. The van der Waals surface area contributed by atoms with Crippen LogP contribution in [-0.2, 0) is 0 Å². The van der Waals surface area contributed by atoms with Crippen molar-refractivity contribution in [2.24, 2.45) is 0 Å². The number of rotatable bonds is 2. The van der Waals surface area contributed by atoms with Gasteiger partial charge in [0.05, 0.1) is 17.4 Å². The lowest BCUT2D eigenvalue weighted by Crippen LogP contribution is -1.94. The molecule has 20 heavy (non-hydrogen) atoms. The Labute approximate surface area is 126 Å². The fourth-order valence-electron chi connectivity index (χ4n) is 1.89. The zero-order valence-electron chi connectivity index (χ0n) is 10.6. The molecule has 3 nitrogen and oxygen atoms in total. The molecule has 0 N–H and O–H groups in total. The van der Waals surface area contributed by atoms with Crippen LogP contribution in [0, 0.1) is 6.92 Å². The van der Waals surface area contributed by atoms with E-state index in [0.29, 0.717) is 21.7 Å². The van der Waals surface area contributed by atoms with Crippen LogP contribution in [0.2, 0.25) is 10.3 Å². The van der Waals surface area contributed by atoms with Crippen molar-refractivity contribution in [3.63, 3.8) is 0 Å². The number of aryl methyl sites for hydroxylation is 1.